The van der Waals surface area contributed by atoms with Crippen LogP contribution in [0.15, 0.2) is 46.1 Å². The molecule has 0 aliphatic carbocycles. The molecule has 5 heteroatoms. The van der Waals surface area contributed by atoms with E-state index in [9.17, 15) is 14.9 Å². The van der Waals surface area contributed by atoms with E-state index in [0.29, 0.717) is 16.7 Å². The van der Waals surface area contributed by atoms with Crippen LogP contribution in [0.5, 0.6) is 0 Å². The lowest BCUT2D eigenvalue weighted by Gasteiger charge is -2.30. The fourth-order valence-electron chi connectivity index (χ4n) is 3.63. The van der Waals surface area contributed by atoms with Crippen molar-refractivity contribution in [2.24, 2.45) is 0 Å². The molecule has 126 valence electrons. The number of thiophene rings is 1. The largest absolute Gasteiger partial charge is 0.362 e. The molecular formula is C20H18N2O2S. The topological polar surface area (TPSA) is 70.0 Å². The average molecular weight is 350 g/mol. The Hall–Kier alpha value is -2.71. The highest BCUT2D eigenvalue weighted by atomic mass is 32.1. The van der Waals surface area contributed by atoms with Gasteiger partial charge in [-0.25, -0.2) is 0 Å². The number of nitrogens with zero attached hydrogens (tertiary/aromatic N) is 1. The molecule has 1 aliphatic heterocycles. The van der Waals surface area contributed by atoms with E-state index in [1.54, 1.807) is 6.07 Å². The van der Waals surface area contributed by atoms with Gasteiger partial charge in [0.05, 0.1) is 10.3 Å². The number of fused-ring (bicyclic) bond motifs is 1. The van der Waals surface area contributed by atoms with Gasteiger partial charge in [-0.05, 0) is 50.1 Å². The number of carbonyl (C=O) groups is 2. The number of nitriles is 1. The average Bonchev–Trinajstić information content (AvgIpc) is 2.96. The fraction of sp³-hybridized carbons (Fsp3) is 0.250. The molecule has 0 fully saturated rings. The van der Waals surface area contributed by atoms with Crippen molar-refractivity contribution >= 4 is 33.0 Å². The summed E-state index contributed by atoms with van der Waals surface area (Å²) >= 11 is 1.48. The Morgan fingerprint density at radius 2 is 1.72 bits per heavy atom. The summed E-state index contributed by atoms with van der Waals surface area (Å²) in [6.07, 6.45) is 0. The normalized spacial score (nSPS) is 15.3. The Labute approximate surface area is 150 Å². The number of ketones is 2. The van der Waals surface area contributed by atoms with E-state index >= 15 is 0 Å². The molecule has 0 saturated heterocycles. The predicted molar refractivity (Wildman–Crippen MR) is 99.2 cm³/mol. The van der Waals surface area contributed by atoms with Crippen molar-refractivity contribution < 1.29 is 9.59 Å². The quantitative estimate of drug-likeness (QED) is 0.901. The Morgan fingerprint density at radius 1 is 1.12 bits per heavy atom. The van der Waals surface area contributed by atoms with Gasteiger partial charge >= 0.3 is 0 Å². The maximum Gasteiger partial charge on any atom is 0.158 e. The van der Waals surface area contributed by atoms with Crippen LogP contribution in [0.4, 0.5) is 0 Å². The van der Waals surface area contributed by atoms with E-state index < -0.39 is 5.92 Å². The zero-order valence-corrected chi connectivity index (χ0v) is 15.4. The SMILES string of the molecule is CC(=O)C1=C(C)NC(C)=C(C(C)=O)C1c1csc2c(C#N)cccc12. The van der Waals surface area contributed by atoms with Crippen LogP contribution in [0.25, 0.3) is 10.1 Å². The van der Waals surface area contributed by atoms with Gasteiger partial charge in [-0.1, -0.05) is 12.1 Å². The molecule has 4 nitrogen and oxygen atoms in total. The summed E-state index contributed by atoms with van der Waals surface area (Å²) in [7, 11) is 0. The molecule has 2 heterocycles. The van der Waals surface area contributed by atoms with Crippen molar-refractivity contribution in [2.75, 3.05) is 0 Å². The van der Waals surface area contributed by atoms with Gasteiger partial charge in [0.25, 0.3) is 0 Å². The molecule has 0 unspecified atom stereocenters. The van der Waals surface area contributed by atoms with E-state index in [-0.39, 0.29) is 11.6 Å². The molecule has 25 heavy (non-hydrogen) atoms. The van der Waals surface area contributed by atoms with Crippen molar-refractivity contribution in [3.05, 3.63) is 57.2 Å². The van der Waals surface area contributed by atoms with Crippen molar-refractivity contribution in [1.82, 2.24) is 5.32 Å². The van der Waals surface area contributed by atoms with Crippen molar-refractivity contribution in [1.29, 1.82) is 5.26 Å². The van der Waals surface area contributed by atoms with Gasteiger partial charge < -0.3 is 5.32 Å². The standard InChI is InChI=1S/C20H18N2O2S/c1-10-17(12(3)23)19(18(13(4)24)11(2)22-10)16-9-25-20-14(8-21)6-5-7-15(16)20/h5-7,9,19,22H,1-4H3. The summed E-state index contributed by atoms with van der Waals surface area (Å²) < 4.78 is 0.889. The van der Waals surface area contributed by atoms with Crippen LogP contribution >= 0.6 is 11.3 Å². The molecule has 1 N–H and O–H groups in total. The number of dihydropyridines is 1. The number of rotatable bonds is 3. The molecular weight excluding hydrogens is 332 g/mol. The summed E-state index contributed by atoms with van der Waals surface area (Å²) in [5, 5.41) is 15.4. The highest BCUT2D eigenvalue weighted by Gasteiger charge is 2.34. The number of benzene rings is 1. The molecule has 2 aromatic rings. The molecule has 0 radical (unpaired) electrons. The minimum atomic E-state index is -0.404. The Bertz CT molecular complexity index is 982. The second-order valence-electron chi connectivity index (χ2n) is 6.23. The van der Waals surface area contributed by atoms with Crippen molar-refractivity contribution in [3.8, 4) is 6.07 Å². The van der Waals surface area contributed by atoms with Crippen LogP contribution in [0.1, 0.15) is 44.7 Å². The van der Waals surface area contributed by atoms with Gasteiger partial charge in [-0.2, -0.15) is 5.26 Å². The van der Waals surface area contributed by atoms with Crippen LogP contribution in [-0.4, -0.2) is 11.6 Å². The van der Waals surface area contributed by atoms with Gasteiger partial charge in [0.15, 0.2) is 11.6 Å². The maximum atomic E-state index is 12.4. The first kappa shape index (κ1) is 17.1. The maximum absolute atomic E-state index is 12.4. The predicted octanol–water partition coefficient (Wildman–Crippen LogP) is 4.19. The minimum Gasteiger partial charge on any atom is -0.362 e. The molecule has 0 atom stereocenters. The number of carbonyl (C=O) groups excluding carboxylic acids is 2. The zero-order chi connectivity index (χ0) is 18.3. The lowest BCUT2D eigenvalue weighted by atomic mass is 9.77. The van der Waals surface area contributed by atoms with Crippen LogP contribution < -0.4 is 5.32 Å². The van der Waals surface area contributed by atoms with Gasteiger partial charge in [-0.15, -0.1) is 11.3 Å². The smallest absolute Gasteiger partial charge is 0.158 e. The van der Waals surface area contributed by atoms with Crippen LogP contribution in [0.2, 0.25) is 0 Å². The Morgan fingerprint density at radius 3 is 2.24 bits per heavy atom. The second kappa shape index (κ2) is 6.30. The second-order valence-corrected chi connectivity index (χ2v) is 7.11. The third-order valence-corrected chi connectivity index (χ3v) is 5.63. The van der Waals surface area contributed by atoms with Crippen molar-refractivity contribution in [3.63, 3.8) is 0 Å². The number of Topliss-reactive ketones (excluding diaryl/α,β-unsaturated/α-hetero) is 2. The lowest BCUT2D eigenvalue weighted by Crippen LogP contribution is -2.29. The molecule has 0 amide bonds. The van der Waals surface area contributed by atoms with Crippen LogP contribution in [0.3, 0.4) is 0 Å². The Balaban J connectivity index is 2.34. The summed E-state index contributed by atoms with van der Waals surface area (Å²) in [6, 6.07) is 7.78. The summed E-state index contributed by atoms with van der Waals surface area (Å²) in [5.74, 6) is -0.520. The van der Waals surface area contributed by atoms with Gasteiger partial charge in [0.1, 0.15) is 6.07 Å². The number of allylic oxidation sites excluding steroid dienone is 4. The zero-order valence-electron chi connectivity index (χ0n) is 14.6. The first-order chi connectivity index (χ1) is 11.9. The summed E-state index contributed by atoms with van der Waals surface area (Å²) in [4.78, 5) is 24.7. The third-order valence-electron chi connectivity index (χ3n) is 4.58. The third kappa shape index (κ3) is 2.69. The van der Waals surface area contributed by atoms with Gasteiger partial charge in [0.2, 0.25) is 0 Å². The summed E-state index contributed by atoms with van der Waals surface area (Å²) in [5.41, 5.74) is 4.29. The Kier molecular flexibility index (Phi) is 4.32. The van der Waals surface area contributed by atoms with Crippen molar-refractivity contribution in [2.45, 2.75) is 33.6 Å². The molecule has 1 aromatic heterocycles. The molecule has 0 saturated carbocycles. The summed E-state index contributed by atoms with van der Waals surface area (Å²) in [6.45, 7) is 6.78. The molecule has 1 aromatic carbocycles. The van der Waals surface area contributed by atoms with E-state index in [4.69, 9.17) is 0 Å². The first-order valence-electron chi connectivity index (χ1n) is 7.97. The minimum absolute atomic E-state index is 0.0583. The van der Waals surface area contributed by atoms with Crippen LogP contribution in [0, 0.1) is 11.3 Å². The van der Waals surface area contributed by atoms with E-state index in [2.05, 4.69) is 11.4 Å². The first-order valence-corrected chi connectivity index (χ1v) is 8.85. The monoisotopic (exact) mass is 350 g/mol. The molecule has 0 spiro atoms. The molecule has 1 aliphatic rings. The number of hydrogen-bond donors (Lipinski definition) is 1. The lowest BCUT2D eigenvalue weighted by molar-refractivity contribution is -0.114. The van der Waals surface area contributed by atoms with Gasteiger partial charge in [0, 0.05) is 28.5 Å². The highest BCUT2D eigenvalue weighted by molar-refractivity contribution is 7.17. The van der Waals surface area contributed by atoms with Crippen LogP contribution in [-0.2, 0) is 9.59 Å². The fourth-order valence-corrected chi connectivity index (χ4v) is 4.69. The molecule has 0 bridgehead atoms. The van der Waals surface area contributed by atoms with Gasteiger partial charge in [-0.3, -0.25) is 9.59 Å². The molecule has 3 rings (SSSR count). The van der Waals surface area contributed by atoms with E-state index in [0.717, 1.165) is 27.0 Å². The van der Waals surface area contributed by atoms with E-state index in [1.165, 1.54) is 25.2 Å². The number of nitrogens with one attached hydrogen (secondary N) is 1. The highest BCUT2D eigenvalue weighted by Crippen LogP contribution is 2.44. The number of hydrogen-bond acceptors (Lipinski definition) is 5. The van der Waals surface area contributed by atoms with E-state index in [1.807, 2.05) is 31.4 Å².